The van der Waals surface area contributed by atoms with Gasteiger partial charge >= 0.3 is 6.18 Å². The van der Waals surface area contributed by atoms with Gasteiger partial charge in [-0.05, 0) is 49.1 Å². The number of amides is 2. The number of benzene rings is 2. The van der Waals surface area contributed by atoms with Gasteiger partial charge in [0.2, 0.25) is 11.8 Å². The van der Waals surface area contributed by atoms with Gasteiger partial charge < -0.3 is 25.4 Å². The summed E-state index contributed by atoms with van der Waals surface area (Å²) in [6.45, 7) is -0.0726. The SMILES string of the molecule is COc1cc(CCC(=O)Nc2ccccc2N2CCC(C(N)=O)CC2)ccc1OCC(F)(F)F. The number of aryl methyl sites for hydroxylation is 1. The number of methoxy groups -OCH3 is 1. The van der Waals surface area contributed by atoms with Crippen molar-refractivity contribution in [2.75, 3.05) is 37.0 Å². The summed E-state index contributed by atoms with van der Waals surface area (Å²) in [6.07, 6.45) is -2.57. The molecule has 0 unspecified atom stereocenters. The number of nitrogens with zero attached hydrogens (tertiary/aromatic N) is 1. The van der Waals surface area contributed by atoms with Crippen molar-refractivity contribution < 1.29 is 32.2 Å². The third-order valence-corrected chi connectivity index (χ3v) is 5.68. The third-order valence-electron chi connectivity index (χ3n) is 5.68. The van der Waals surface area contributed by atoms with Gasteiger partial charge in [-0.1, -0.05) is 18.2 Å². The van der Waals surface area contributed by atoms with Crippen LogP contribution in [0.2, 0.25) is 0 Å². The van der Waals surface area contributed by atoms with E-state index in [9.17, 15) is 22.8 Å². The number of hydrogen-bond acceptors (Lipinski definition) is 5. The third kappa shape index (κ3) is 7.03. The van der Waals surface area contributed by atoms with Gasteiger partial charge in [-0.2, -0.15) is 13.2 Å². The van der Waals surface area contributed by atoms with Crippen LogP contribution < -0.4 is 25.4 Å². The minimum Gasteiger partial charge on any atom is -0.493 e. The smallest absolute Gasteiger partial charge is 0.422 e. The van der Waals surface area contributed by atoms with E-state index >= 15 is 0 Å². The molecular weight excluding hydrogens is 451 g/mol. The van der Waals surface area contributed by atoms with Gasteiger partial charge in [0.05, 0.1) is 18.5 Å². The summed E-state index contributed by atoms with van der Waals surface area (Å²) in [7, 11) is 1.34. The largest absolute Gasteiger partial charge is 0.493 e. The fourth-order valence-corrected chi connectivity index (χ4v) is 3.88. The summed E-state index contributed by atoms with van der Waals surface area (Å²) >= 11 is 0. The van der Waals surface area contributed by atoms with Gasteiger partial charge in [0, 0.05) is 25.4 Å². The first-order valence-corrected chi connectivity index (χ1v) is 11.0. The second kappa shape index (κ2) is 11.1. The first-order chi connectivity index (χ1) is 16.2. The van der Waals surface area contributed by atoms with Crippen LogP contribution in [0.3, 0.4) is 0 Å². The predicted octanol–water partition coefficient (Wildman–Crippen LogP) is 3.91. The first kappa shape index (κ1) is 25.2. The molecule has 0 radical (unpaired) electrons. The number of nitrogens with two attached hydrogens (primary N) is 1. The molecule has 0 aliphatic carbocycles. The van der Waals surface area contributed by atoms with E-state index in [1.165, 1.54) is 13.2 Å². The highest BCUT2D eigenvalue weighted by Gasteiger charge is 2.29. The maximum absolute atomic E-state index is 12.6. The van der Waals surface area contributed by atoms with Crippen LogP contribution in [-0.2, 0) is 16.0 Å². The zero-order valence-corrected chi connectivity index (χ0v) is 18.9. The van der Waals surface area contributed by atoms with Crippen LogP contribution in [0.25, 0.3) is 0 Å². The second-order valence-corrected chi connectivity index (χ2v) is 8.12. The van der Waals surface area contributed by atoms with Crippen LogP contribution in [-0.4, -0.2) is 44.8 Å². The molecule has 3 rings (SSSR count). The average molecular weight is 479 g/mol. The van der Waals surface area contributed by atoms with Crippen molar-refractivity contribution in [1.29, 1.82) is 0 Å². The van der Waals surface area contributed by atoms with Gasteiger partial charge in [-0.15, -0.1) is 0 Å². The van der Waals surface area contributed by atoms with Gasteiger partial charge in [0.1, 0.15) is 0 Å². The number of alkyl halides is 3. The van der Waals surface area contributed by atoms with Crippen molar-refractivity contribution in [2.24, 2.45) is 11.7 Å². The molecule has 10 heteroatoms. The Morgan fingerprint density at radius 2 is 1.82 bits per heavy atom. The first-order valence-electron chi connectivity index (χ1n) is 11.0. The van der Waals surface area contributed by atoms with Gasteiger partial charge in [0.15, 0.2) is 18.1 Å². The van der Waals surface area contributed by atoms with E-state index in [0.29, 0.717) is 38.0 Å². The van der Waals surface area contributed by atoms with Gasteiger partial charge in [0.25, 0.3) is 0 Å². The van der Waals surface area contributed by atoms with Crippen molar-refractivity contribution in [3.05, 3.63) is 48.0 Å². The Morgan fingerprint density at radius 3 is 2.47 bits per heavy atom. The summed E-state index contributed by atoms with van der Waals surface area (Å²) < 4.78 is 47.1. The number of nitrogens with one attached hydrogen (secondary N) is 1. The van der Waals surface area contributed by atoms with E-state index in [-0.39, 0.29) is 35.7 Å². The molecule has 0 atom stereocenters. The molecule has 0 aromatic heterocycles. The molecule has 0 bridgehead atoms. The van der Waals surface area contributed by atoms with E-state index < -0.39 is 12.8 Å². The molecule has 0 spiro atoms. The maximum Gasteiger partial charge on any atom is 0.422 e. The van der Waals surface area contributed by atoms with E-state index in [1.807, 2.05) is 24.3 Å². The Bertz CT molecular complexity index is 1010. The summed E-state index contributed by atoms with van der Waals surface area (Å²) in [5, 5.41) is 2.94. The molecule has 1 aliphatic heterocycles. The number of carbonyl (C=O) groups is 2. The lowest BCUT2D eigenvalue weighted by atomic mass is 9.96. The fourth-order valence-electron chi connectivity index (χ4n) is 3.88. The molecule has 184 valence electrons. The van der Waals surface area contributed by atoms with E-state index in [4.69, 9.17) is 15.2 Å². The van der Waals surface area contributed by atoms with Crippen molar-refractivity contribution in [1.82, 2.24) is 0 Å². The lowest BCUT2D eigenvalue weighted by molar-refractivity contribution is -0.153. The molecular formula is C24H28F3N3O4. The highest BCUT2D eigenvalue weighted by atomic mass is 19.4. The molecule has 1 fully saturated rings. The number of halogens is 3. The normalized spacial score (nSPS) is 14.5. The number of carbonyl (C=O) groups excluding carboxylic acids is 2. The number of anilines is 2. The molecule has 34 heavy (non-hydrogen) atoms. The quantitative estimate of drug-likeness (QED) is 0.569. The zero-order chi connectivity index (χ0) is 24.7. The second-order valence-electron chi connectivity index (χ2n) is 8.12. The standard InChI is InChI=1S/C24H28F3N3O4/c1-33-21-14-16(6-8-20(21)34-15-24(25,26)27)7-9-22(31)29-18-4-2-3-5-19(18)30-12-10-17(11-13-30)23(28)32/h2-6,8,14,17H,7,9-13,15H2,1H3,(H2,28,32)(H,29,31). The topological polar surface area (TPSA) is 93.9 Å². The lowest BCUT2D eigenvalue weighted by Crippen LogP contribution is -2.38. The average Bonchev–Trinajstić information content (AvgIpc) is 2.81. The minimum absolute atomic E-state index is 0.0120. The van der Waals surface area contributed by atoms with Gasteiger partial charge in [-0.25, -0.2) is 0 Å². The van der Waals surface area contributed by atoms with Crippen LogP contribution in [0.4, 0.5) is 24.5 Å². The van der Waals surface area contributed by atoms with Crippen molar-refractivity contribution in [3.63, 3.8) is 0 Å². The van der Waals surface area contributed by atoms with Crippen LogP contribution in [0.15, 0.2) is 42.5 Å². The van der Waals surface area contributed by atoms with Crippen molar-refractivity contribution >= 4 is 23.2 Å². The highest BCUT2D eigenvalue weighted by Crippen LogP contribution is 2.31. The molecule has 1 saturated heterocycles. The number of hydrogen-bond donors (Lipinski definition) is 2. The van der Waals surface area contributed by atoms with E-state index in [2.05, 4.69) is 10.2 Å². The number of piperidine rings is 1. The highest BCUT2D eigenvalue weighted by molar-refractivity contribution is 5.94. The Labute approximate surface area is 196 Å². The predicted molar refractivity (Wildman–Crippen MR) is 122 cm³/mol. The molecule has 3 N–H and O–H groups in total. The van der Waals surface area contributed by atoms with Crippen LogP contribution in [0, 0.1) is 5.92 Å². The summed E-state index contributed by atoms with van der Waals surface area (Å²) in [6, 6.07) is 12.0. The number of ether oxygens (including phenoxy) is 2. The summed E-state index contributed by atoms with van der Waals surface area (Å²) in [4.78, 5) is 26.2. The molecule has 7 nitrogen and oxygen atoms in total. The molecule has 0 saturated carbocycles. The van der Waals surface area contributed by atoms with Crippen molar-refractivity contribution in [2.45, 2.75) is 31.9 Å². The Hall–Kier alpha value is -3.43. The maximum atomic E-state index is 12.6. The lowest BCUT2D eigenvalue weighted by Gasteiger charge is -2.33. The Kier molecular flexibility index (Phi) is 8.25. The molecule has 2 aromatic rings. The monoisotopic (exact) mass is 479 g/mol. The van der Waals surface area contributed by atoms with Crippen molar-refractivity contribution in [3.8, 4) is 11.5 Å². The molecule has 1 aliphatic rings. The van der Waals surface area contributed by atoms with Crippen LogP contribution >= 0.6 is 0 Å². The number of rotatable bonds is 9. The Morgan fingerprint density at radius 1 is 1.12 bits per heavy atom. The van der Waals surface area contributed by atoms with E-state index in [1.54, 1.807) is 12.1 Å². The number of para-hydroxylation sites is 2. The molecule has 2 aromatic carbocycles. The molecule has 2 amide bonds. The van der Waals surface area contributed by atoms with Gasteiger partial charge in [-0.3, -0.25) is 9.59 Å². The minimum atomic E-state index is -4.45. The van der Waals surface area contributed by atoms with Crippen LogP contribution in [0.1, 0.15) is 24.8 Å². The summed E-state index contributed by atoms with van der Waals surface area (Å²) in [5.74, 6) is -0.442. The van der Waals surface area contributed by atoms with E-state index in [0.717, 1.165) is 11.3 Å². The summed E-state index contributed by atoms with van der Waals surface area (Å²) in [5.41, 5.74) is 7.70. The Balaban J connectivity index is 1.58. The van der Waals surface area contributed by atoms with Crippen LogP contribution in [0.5, 0.6) is 11.5 Å². The fraction of sp³-hybridized carbons (Fsp3) is 0.417. The number of primary amides is 1. The molecule has 1 heterocycles. The zero-order valence-electron chi connectivity index (χ0n) is 18.9.